The van der Waals surface area contributed by atoms with Crippen molar-refractivity contribution in [3.8, 4) is 0 Å². The van der Waals surface area contributed by atoms with E-state index in [4.69, 9.17) is 9.84 Å². The molecule has 1 aromatic carbocycles. The third kappa shape index (κ3) is 2.97. The molecule has 114 valence electrons. The number of carbonyl (C=O) groups is 1. The van der Waals surface area contributed by atoms with Crippen LogP contribution in [0.1, 0.15) is 30.4 Å². The second kappa shape index (κ2) is 6.16. The van der Waals surface area contributed by atoms with E-state index in [1.165, 1.54) is 0 Å². The molecule has 2 bridgehead atoms. The molecule has 2 saturated heterocycles. The van der Waals surface area contributed by atoms with Crippen LogP contribution in [-0.4, -0.2) is 35.0 Å². The first-order valence-corrected chi connectivity index (χ1v) is 7.74. The van der Waals surface area contributed by atoms with Gasteiger partial charge in [-0.1, -0.05) is 24.3 Å². The molecular formula is C17H22O4. The zero-order chi connectivity index (χ0) is 14.8. The third-order valence-electron chi connectivity index (χ3n) is 5.01. The van der Waals surface area contributed by atoms with Crippen molar-refractivity contribution in [1.82, 2.24) is 0 Å². The van der Waals surface area contributed by atoms with Crippen molar-refractivity contribution in [1.29, 1.82) is 0 Å². The van der Waals surface area contributed by atoms with Crippen LogP contribution in [0, 0.1) is 11.8 Å². The third-order valence-corrected chi connectivity index (χ3v) is 5.01. The molecule has 1 aromatic rings. The minimum Gasteiger partial charge on any atom is -0.481 e. The van der Waals surface area contributed by atoms with Crippen molar-refractivity contribution in [3.63, 3.8) is 0 Å². The van der Waals surface area contributed by atoms with Crippen molar-refractivity contribution >= 4 is 5.97 Å². The molecule has 0 aromatic heterocycles. The Bertz CT molecular complexity index is 513. The lowest BCUT2D eigenvalue weighted by Crippen LogP contribution is -2.30. The summed E-state index contributed by atoms with van der Waals surface area (Å²) < 4.78 is 5.92. The van der Waals surface area contributed by atoms with Gasteiger partial charge < -0.3 is 14.9 Å². The Hall–Kier alpha value is -1.39. The van der Waals surface area contributed by atoms with Gasteiger partial charge >= 0.3 is 5.97 Å². The molecule has 4 heteroatoms. The van der Waals surface area contributed by atoms with Crippen molar-refractivity contribution in [2.45, 2.75) is 44.3 Å². The summed E-state index contributed by atoms with van der Waals surface area (Å²) in [6, 6.07) is 7.75. The highest BCUT2D eigenvalue weighted by Crippen LogP contribution is 2.45. The molecular weight excluding hydrogens is 268 g/mol. The van der Waals surface area contributed by atoms with Gasteiger partial charge in [-0.15, -0.1) is 0 Å². The first-order chi connectivity index (χ1) is 10.2. The second-order valence-electron chi connectivity index (χ2n) is 6.18. The monoisotopic (exact) mass is 290 g/mol. The smallest absolute Gasteiger partial charge is 0.307 e. The average molecular weight is 290 g/mol. The van der Waals surface area contributed by atoms with E-state index in [9.17, 15) is 9.90 Å². The lowest BCUT2D eigenvalue weighted by molar-refractivity contribution is -0.136. The number of benzene rings is 1. The van der Waals surface area contributed by atoms with Crippen LogP contribution in [0.3, 0.4) is 0 Å². The van der Waals surface area contributed by atoms with Gasteiger partial charge in [-0.05, 0) is 42.7 Å². The number of carboxylic acid groups (broad SMARTS) is 1. The zero-order valence-corrected chi connectivity index (χ0v) is 12.1. The first kappa shape index (κ1) is 14.5. The van der Waals surface area contributed by atoms with Gasteiger partial charge in [0.25, 0.3) is 0 Å². The maximum Gasteiger partial charge on any atom is 0.307 e. The molecule has 2 N–H and O–H groups in total. The van der Waals surface area contributed by atoms with E-state index in [1.54, 1.807) is 0 Å². The average Bonchev–Trinajstić information content (AvgIpc) is 3.06. The Kier molecular flexibility index (Phi) is 4.27. The molecule has 21 heavy (non-hydrogen) atoms. The molecule has 2 aliphatic rings. The number of aryl methyl sites for hydroxylation is 1. The Labute approximate surface area is 124 Å². The number of aliphatic carboxylic acids is 1. The van der Waals surface area contributed by atoms with Gasteiger partial charge in [0.1, 0.15) is 0 Å². The summed E-state index contributed by atoms with van der Waals surface area (Å²) in [4.78, 5) is 10.9. The molecule has 2 heterocycles. The highest BCUT2D eigenvalue weighted by molar-refractivity contribution is 5.70. The summed E-state index contributed by atoms with van der Waals surface area (Å²) in [6.07, 6.45) is 4.59. The van der Waals surface area contributed by atoms with E-state index in [0.29, 0.717) is 12.0 Å². The number of hydrogen-bond donors (Lipinski definition) is 2. The van der Waals surface area contributed by atoms with E-state index in [0.717, 1.165) is 36.8 Å². The van der Waals surface area contributed by atoms with Gasteiger partial charge in [-0.3, -0.25) is 4.79 Å². The van der Waals surface area contributed by atoms with Crippen LogP contribution in [-0.2, 0) is 22.4 Å². The molecule has 0 aliphatic carbocycles. The van der Waals surface area contributed by atoms with Crippen LogP contribution < -0.4 is 0 Å². The summed E-state index contributed by atoms with van der Waals surface area (Å²) in [5, 5.41) is 18.6. The SMILES string of the molecule is O=C(O)Cc1ccccc1CC[C@@H]1[C@H](CO)[C@@H]2CC[C@@H]1O2. The van der Waals surface area contributed by atoms with Crippen LogP contribution in [0.15, 0.2) is 24.3 Å². The fraction of sp³-hybridized carbons (Fsp3) is 0.588. The molecule has 4 atom stereocenters. The second-order valence-corrected chi connectivity index (χ2v) is 6.18. The molecule has 3 rings (SSSR count). The number of rotatable bonds is 6. The molecule has 0 unspecified atom stereocenters. The molecule has 0 amide bonds. The van der Waals surface area contributed by atoms with Crippen LogP contribution >= 0.6 is 0 Å². The standard InChI is InChI=1S/C17H22O4/c18-10-14-13(15-7-8-16(14)21-15)6-5-11-3-1-2-4-12(11)9-17(19)20/h1-4,13-16,18H,5-10H2,(H,19,20)/t13-,14+,15+,16+/m1/s1. The molecule has 0 spiro atoms. The Balaban J connectivity index is 1.66. The largest absolute Gasteiger partial charge is 0.481 e. The topological polar surface area (TPSA) is 66.8 Å². The Morgan fingerprint density at radius 1 is 1.14 bits per heavy atom. The minimum atomic E-state index is -0.793. The first-order valence-electron chi connectivity index (χ1n) is 7.74. The normalized spacial score (nSPS) is 30.7. The maximum absolute atomic E-state index is 10.9. The summed E-state index contributed by atoms with van der Waals surface area (Å²) in [5.41, 5.74) is 2.01. The van der Waals surface area contributed by atoms with Crippen LogP contribution in [0.2, 0.25) is 0 Å². The van der Waals surface area contributed by atoms with E-state index in [1.807, 2.05) is 24.3 Å². The van der Waals surface area contributed by atoms with Crippen LogP contribution in [0.4, 0.5) is 0 Å². The Morgan fingerprint density at radius 3 is 2.48 bits per heavy atom. The minimum absolute atomic E-state index is 0.0762. The van der Waals surface area contributed by atoms with Gasteiger partial charge in [0.05, 0.1) is 18.6 Å². The van der Waals surface area contributed by atoms with E-state index in [-0.39, 0.29) is 25.0 Å². The summed E-state index contributed by atoms with van der Waals surface area (Å²) in [6.45, 7) is 0.197. The molecule has 0 saturated carbocycles. The van der Waals surface area contributed by atoms with E-state index in [2.05, 4.69) is 0 Å². The Morgan fingerprint density at radius 2 is 1.81 bits per heavy atom. The number of fused-ring (bicyclic) bond motifs is 2. The van der Waals surface area contributed by atoms with Gasteiger partial charge in [0.2, 0.25) is 0 Å². The van der Waals surface area contributed by atoms with Gasteiger partial charge in [-0.2, -0.15) is 0 Å². The highest BCUT2D eigenvalue weighted by Gasteiger charge is 2.47. The molecule has 2 aliphatic heterocycles. The fourth-order valence-corrected chi connectivity index (χ4v) is 3.98. The summed E-state index contributed by atoms with van der Waals surface area (Å²) in [5.74, 6) is -0.124. The van der Waals surface area contributed by atoms with Gasteiger partial charge in [0.15, 0.2) is 0 Å². The van der Waals surface area contributed by atoms with Crippen molar-refractivity contribution < 1.29 is 19.7 Å². The molecule has 2 fully saturated rings. The number of aliphatic hydroxyl groups is 1. The van der Waals surface area contributed by atoms with E-state index < -0.39 is 5.97 Å². The van der Waals surface area contributed by atoms with Gasteiger partial charge in [-0.25, -0.2) is 0 Å². The highest BCUT2D eigenvalue weighted by atomic mass is 16.5. The van der Waals surface area contributed by atoms with Crippen molar-refractivity contribution in [2.24, 2.45) is 11.8 Å². The predicted octanol–water partition coefficient (Wildman–Crippen LogP) is 2.03. The molecule has 4 nitrogen and oxygen atoms in total. The summed E-state index contributed by atoms with van der Waals surface area (Å²) >= 11 is 0. The lowest BCUT2D eigenvalue weighted by Gasteiger charge is -2.26. The predicted molar refractivity (Wildman–Crippen MR) is 78.1 cm³/mol. The fourth-order valence-electron chi connectivity index (χ4n) is 3.98. The van der Waals surface area contributed by atoms with Crippen molar-refractivity contribution in [3.05, 3.63) is 35.4 Å². The number of ether oxygens (including phenoxy) is 1. The lowest BCUT2D eigenvalue weighted by atomic mass is 9.76. The van der Waals surface area contributed by atoms with Crippen LogP contribution in [0.5, 0.6) is 0 Å². The van der Waals surface area contributed by atoms with Crippen molar-refractivity contribution in [2.75, 3.05) is 6.61 Å². The zero-order valence-electron chi connectivity index (χ0n) is 12.1. The van der Waals surface area contributed by atoms with Crippen LogP contribution in [0.25, 0.3) is 0 Å². The summed E-state index contributed by atoms with van der Waals surface area (Å²) in [7, 11) is 0. The van der Waals surface area contributed by atoms with E-state index >= 15 is 0 Å². The number of aliphatic hydroxyl groups excluding tert-OH is 1. The molecule has 0 radical (unpaired) electrons. The van der Waals surface area contributed by atoms with Gasteiger partial charge in [0, 0.05) is 12.5 Å². The maximum atomic E-state index is 10.9. The quantitative estimate of drug-likeness (QED) is 0.841. The number of hydrogen-bond acceptors (Lipinski definition) is 3. The number of carboxylic acids is 1.